The third kappa shape index (κ3) is 5.84. The number of pyridine rings is 1. The maximum atomic E-state index is 12.2. The van der Waals surface area contributed by atoms with E-state index in [1.165, 1.54) is 11.0 Å². The molecule has 3 amide bonds. The third-order valence-electron chi connectivity index (χ3n) is 4.26. The molecule has 0 aliphatic heterocycles. The lowest BCUT2D eigenvalue weighted by Gasteiger charge is -2.10. The zero-order valence-electron chi connectivity index (χ0n) is 16.8. The molecule has 0 aliphatic rings. The number of anilines is 1. The molecule has 2 N–H and O–H groups in total. The van der Waals surface area contributed by atoms with Crippen LogP contribution in [0.3, 0.4) is 0 Å². The number of alkyl halides is 3. The SMILES string of the molecule is CN(C)C(=O)/C=C/c1ccn2c(-c3cccc(NC(=O)NCC(F)(F)F)c3)cnc2c1. The Morgan fingerprint density at radius 2 is 1.97 bits per heavy atom. The Hall–Kier alpha value is -3.82. The van der Waals surface area contributed by atoms with Gasteiger partial charge in [-0.3, -0.25) is 9.20 Å². The number of benzene rings is 1. The molecule has 3 aromatic rings. The number of carbonyl (C=O) groups excluding carboxylic acids is 2. The quantitative estimate of drug-likeness (QED) is 0.604. The molecule has 0 unspecified atom stereocenters. The summed E-state index contributed by atoms with van der Waals surface area (Å²) < 4.78 is 38.5. The van der Waals surface area contributed by atoms with Crippen LogP contribution in [0.5, 0.6) is 0 Å². The zero-order valence-corrected chi connectivity index (χ0v) is 16.8. The number of imidazole rings is 1. The lowest BCUT2D eigenvalue weighted by atomic mass is 10.1. The van der Waals surface area contributed by atoms with Crippen molar-refractivity contribution in [3.63, 3.8) is 0 Å². The number of amides is 3. The Bertz CT molecular complexity index is 1140. The average Bonchev–Trinajstić information content (AvgIpc) is 3.13. The minimum absolute atomic E-state index is 0.132. The van der Waals surface area contributed by atoms with Crippen molar-refractivity contribution in [3.05, 3.63) is 60.4 Å². The van der Waals surface area contributed by atoms with E-state index in [0.717, 1.165) is 11.3 Å². The lowest BCUT2D eigenvalue weighted by molar-refractivity contribution is -0.124. The largest absolute Gasteiger partial charge is 0.405 e. The van der Waals surface area contributed by atoms with Gasteiger partial charge >= 0.3 is 12.2 Å². The summed E-state index contributed by atoms with van der Waals surface area (Å²) in [5, 5.41) is 4.15. The first-order valence-corrected chi connectivity index (χ1v) is 9.21. The summed E-state index contributed by atoms with van der Waals surface area (Å²) in [6.07, 6.45) is 2.13. The van der Waals surface area contributed by atoms with Crippen LogP contribution in [0.15, 0.2) is 54.9 Å². The van der Waals surface area contributed by atoms with Crippen molar-refractivity contribution in [1.29, 1.82) is 0 Å². The highest BCUT2D eigenvalue weighted by molar-refractivity contribution is 5.91. The molecule has 0 aliphatic carbocycles. The van der Waals surface area contributed by atoms with Gasteiger partial charge in [-0.15, -0.1) is 0 Å². The molecule has 0 spiro atoms. The average molecular weight is 431 g/mol. The van der Waals surface area contributed by atoms with Gasteiger partial charge in [-0.25, -0.2) is 9.78 Å². The van der Waals surface area contributed by atoms with E-state index >= 15 is 0 Å². The second kappa shape index (κ2) is 8.90. The van der Waals surface area contributed by atoms with Crippen LogP contribution in [0.2, 0.25) is 0 Å². The van der Waals surface area contributed by atoms with Gasteiger partial charge in [0, 0.05) is 37.6 Å². The fraction of sp³-hybridized carbons (Fsp3) is 0.190. The van der Waals surface area contributed by atoms with E-state index in [2.05, 4.69) is 10.3 Å². The standard InChI is InChI=1S/C21H20F3N5O2/c1-28(2)19(30)7-6-14-8-9-29-17(12-25-18(29)10-14)15-4-3-5-16(11-15)27-20(31)26-13-21(22,23)24/h3-12H,13H2,1-2H3,(H2,26,27,31)/b7-6+. The van der Waals surface area contributed by atoms with E-state index in [-0.39, 0.29) is 5.91 Å². The monoisotopic (exact) mass is 431 g/mol. The van der Waals surface area contributed by atoms with Crippen molar-refractivity contribution in [2.75, 3.05) is 26.0 Å². The summed E-state index contributed by atoms with van der Waals surface area (Å²) in [5.41, 5.74) is 3.24. The molecule has 3 rings (SSSR count). The molecule has 0 saturated carbocycles. The molecular weight excluding hydrogens is 411 g/mol. The van der Waals surface area contributed by atoms with Crippen molar-refractivity contribution in [1.82, 2.24) is 19.6 Å². The minimum atomic E-state index is -4.48. The Morgan fingerprint density at radius 1 is 1.19 bits per heavy atom. The van der Waals surface area contributed by atoms with E-state index < -0.39 is 18.8 Å². The van der Waals surface area contributed by atoms with Crippen LogP contribution >= 0.6 is 0 Å². The van der Waals surface area contributed by atoms with Gasteiger partial charge in [0.25, 0.3) is 0 Å². The molecule has 0 fully saturated rings. The first-order valence-electron chi connectivity index (χ1n) is 9.21. The first-order chi connectivity index (χ1) is 14.6. The molecular formula is C21H20F3N5O2. The summed E-state index contributed by atoms with van der Waals surface area (Å²) >= 11 is 0. The van der Waals surface area contributed by atoms with Crippen LogP contribution in [0.4, 0.5) is 23.7 Å². The maximum absolute atomic E-state index is 12.2. The second-order valence-corrected chi connectivity index (χ2v) is 6.90. The second-order valence-electron chi connectivity index (χ2n) is 6.90. The lowest BCUT2D eigenvalue weighted by Crippen LogP contribution is -2.36. The van der Waals surface area contributed by atoms with Crippen LogP contribution < -0.4 is 10.6 Å². The Kier molecular flexibility index (Phi) is 6.28. The Morgan fingerprint density at radius 3 is 2.68 bits per heavy atom. The molecule has 162 valence electrons. The van der Waals surface area contributed by atoms with Crippen LogP contribution in [-0.4, -0.2) is 53.0 Å². The number of nitrogens with zero attached hydrogens (tertiary/aromatic N) is 3. The van der Waals surface area contributed by atoms with E-state index in [0.29, 0.717) is 16.9 Å². The smallest absolute Gasteiger partial charge is 0.345 e. The van der Waals surface area contributed by atoms with Crippen LogP contribution in [-0.2, 0) is 4.79 Å². The van der Waals surface area contributed by atoms with E-state index in [1.807, 2.05) is 16.5 Å². The zero-order chi connectivity index (χ0) is 22.6. The number of aromatic nitrogens is 2. The predicted octanol–water partition coefficient (Wildman–Crippen LogP) is 3.79. The van der Waals surface area contributed by atoms with Crippen LogP contribution in [0.1, 0.15) is 5.56 Å². The molecule has 31 heavy (non-hydrogen) atoms. The van der Waals surface area contributed by atoms with Gasteiger partial charge in [-0.05, 0) is 35.9 Å². The summed E-state index contributed by atoms with van der Waals surface area (Å²) in [6.45, 7) is -1.41. The van der Waals surface area contributed by atoms with Gasteiger partial charge in [0.1, 0.15) is 12.2 Å². The van der Waals surface area contributed by atoms with Gasteiger partial charge in [0.2, 0.25) is 5.91 Å². The van der Waals surface area contributed by atoms with E-state index in [1.54, 1.807) is 62.1 Å². The summed E-state index contributed by atoms with van der Waals surface area (Å²) in [5.74, 6) is -0.132. The van der Waals surface area contributed by atoms with Crippen molar-refractivity contribution >= 4 is 29.3 Å². The number of carbonyl (C=O) groups is 2. The Labute approximate surface area is 176 Å². The molecule has 1 aromatic carbocycles. The highest BCUT2D eigenvalue weighted by atomic mass is 19.4. The molecule has 0 radical (unpaired) electrons. The topological polar surface area (TPSA) is 78.7 Å². The van der Waals surface area contributed by atoms with Crippen molar-refractivity contribution in [2.24, 2.45) is 0 Å². The third-order valence-corrected chi connectivity index (χ3v) is 4.26. The predicted molar refractivity (Wildman–Crippen MR) is 111 cm³/mol. The first kappa shape index (κ1) is 21.9. The number of hydrogen-bond acceptors (Lipinski definition) is 3. The summed E-state index contributed by atoms with van der Waals surface area (Å²) in [4.78, 5) is 29.2. The normalized spacial score (nSPS) is 11.6. The minimum Gasteiger partial charge on any atom is -0.345 e. The van der Waals surface area contributed by atoms with E-state index in [9.17, 15) is 22.8 Å². The fourth-order valence-electron chi connectivity index (χ4n) is 2.74. The van der Waals surface area contributed by atoms with Gasteiger partial charge in [0.05, 0.1) is 11.9 Å². The van der Waals surface area contributed by atoms with Gasteiger partial charge < -0.3 is 15.5 Å². The van der Waals surface area contributed by atoms with Crippen molar-refractivity contribution in [2.45, 2.75) is 6.18 Å². The van der Waals surface area contributed by atoms with Gasteiger partial charge in [0.15, 0.2) is 0 Å². The number of urea groups is 1. The maximum Gasteiger partial charge on any atom is 0.405 e. The number of likely N-dealkylation sites (N-methyl/N-ethyl adjacent to an activating group) is 1. The molecule has 0 saturated heterocycles. The summed E-state index contributed by atoms with van der Waals surface area (Å²) in [7, 11) is 3.33. The summed E-state index contributed by atoms with van der Waals surface area (Å²) in [6, 6.07) is 9.38. The fourth-order valence-corrected chi connectivity index (χ4v) is 2.74. The number of nitrogens with one attached hydrogen (secondary N) is 2. The van der Waals surface area contributed by atoms with E-state index in [4.69, 9.17) is 0 Å². The van der Waals surface area contributed by atoms with Gasteiger partial charge in [-0.1, -0.05) is 12.1 Å². The molecule has 10 heteroatoms. The number of halogens is 3. The number of hydrogen-bond donors (Lipinski definition) is 2. The molecule has 2 heterocycles. The van der Waals surface area contributed by atoms with Crippen molar-refractivity contribution < 1.29 is 22.8 Å². The molecule has 0 atom stereocenters. The van der Waals surface area contributed by atoms with Crippen LogP contribution in [0.25, 0.3) is 23.0 Å². The van der Waals surface area contributed by atoms with Crippen LogP contribution in [0, 0.1) is 0 Å². The highest BCUT2D eigenvalue weighted by Crippen LogP contribution is 2.24. The highest BCUT2D eigenvalue weighted by Gasteiger charge is 2.27. The Balaban J connectivity index is 1.78. The van der Waals surface area contributed by atoms with Crippen molar-refractivity contribution in [3.8, 4) is 11.3 Å². The molecule has 7 nitrogen and oxygen atoms in total. The molecule has 2 aromatic heterocycles. The molecule has 0 bridgehead atoms. The van der Waals surface area contributed by atoms with Gasteiger partial charge in [-0.2, -0.15) is 13.2 Å². The number of fused-ring (bicyclic) bond motifs is 1. The number of rotatable bonds is 5.